The van der Waals surface area contributed by atoms with E-state index in [1.807, 2.05) is 18.2 Å². The summed E-state index contributed by atoms with van der Waals surface area (Å²) in [6, 6.07) is 5.55. The van der Waals surface area contributed by atoms with Crippen molar-refractivity contribution >= 4 is 0 Å². The van der Waals surface area contributed by atoms with Gasteiger partial charge in [-0.25, -0.2) is 0 Å². The van der Waals surface area contributed by atoms with Gasteiger partial charge in [0.1, 0.15) is 0 Å². The van der Waals surface area contributed by atoms with Crippen molar-refractivity contribution in [1.82, 2.24) is 9.99 Å². The Hall–Kier alpha value is -1.69. The smallest absolute Gasteiger partial charge is 0.0797 e. The van der Waals surface area contributed by atoms with E-state index in [1.165, 1.54) is 5.01 Å². The van der Waals surface area contributed by atoms with Crippen LogP contribution in [-0.4, -0.2) is 17.0 Å². The highest BCUT2D eigenvalue weighted by Gasteiger charge is 1.96. The SMILES string of the molecule is CN(Cc1ccccn1)/N=N\O[O-]. The Morgan fingerprint density at radius 2 is 2.46 bits per heavy atom. The summed E-state index contributed by atoms with van der Waals surface area (Å²) in [4.78, 5) is 7.26. The fourth-order valence-corrected chi connectivity index (χ4v) is 0.835. The van der Waals surface area contributed by atoms with Crippen LogP contribution >= 0.6 is 0 Å². The first-order valence-corrected chi connectivity index (χ1v) is 3.64. The summed E-state index contributed by atoms with van der Waals surface area (Å²) in [5, 5.41) is 17.2. The molecule has 1 heterocycles. The van der Waals surface area contributed by atoms with Gasteiger partial charge in [-0.05, 0) is 17.4 Å². The second-order valence-corrected chi connectivity index (χ2v) is 2.38. The molecule has 0 saturated carbocycles. The second kappa shape index (κ2) is 5.04. The molecular formula is C7H9N4O2-. The lowest BCUT2D eigenvalue weighted by Gasteiger charge is -2.09. The molecule has 13 heavy (non-hydrogen) atoms. The van der Waals surface area contributed by atoms with Gasteiger partial charge in [0.15, 0.2) is 0 Å². The van der Waals surface area contributed by atoms with E-state index in [0.717, 1.165) is 5.69 Å². The summed E-state index contributed by atoms with van der Waals surface area (Å²) in [6.45, 7) is 0.480. The summed E-state index contributed by atoms with van der Waals surface area (Å²) in [7, 11) is 1.66. The van der Waals surface area contributed by atoms with Crippen molar-refractivity contribution < 1.29 is 10.2 Å². The summed E-state index contributed by atoms with van der Waals surface area (Å²) in [6.07, 6.45) is 1.68. The predicted molar refractivity (Wildman–Crippen MR) is 41.6 cm³/mol. The highest BCUT2D eigenvalue weighted by Crippen LogP contribution is 1.98. The zero-order valence-corrected chi connectivity index (χ0v) is 7.12. The maximum absolute atomic E-state index is 9.48. The molecule has 0 fully saturated rings. The third kappa shape index (κ3) is 3.48. The van der Waals surface area contributed by atoms with Crippen molar-refractivity contribution in [3.8, 4) is 0 Å². The van der Waals surface area contributed by atoms with Crippen LogP contribution in [0.5, 0.6) is 0 Å². The van der Waals surface area contributed by atoms with E-state index in [0.29, 0.717) is 6.54 Å². The van der Waals surface area contributed by atoms with Crippen molar-refractivity contribution in [1.29, 1.82) is 0 Å². The number of pyridine rings is 1. The molecule has 6 nitrogen and oxygen atoms in total. The molecule has 0 aromatic carbocycles. The van der Waals surface area contributed by atoms with Crippen molar-refractivity contribution in [2.45, 2.75) is 6.54 Å². The predicted octanol–water partition coefficient (Wildman–Crippen LogP) is 0.0875. The van der Waals surface area contributed by atoms with E-state index in [4.69, 9.17) is 0 Å². The molecule has 0 aliphatic carbocycles. The first kappa shape index (κ1) is 9.40. The highest BCUT2D eigenvalue weighted by molar-refractivity contribution is 5.02. The van der Waals surface area contributed by atoms with Gasteiger partial charge < -0.3 is 10.2 Å². The third-order valence-electron chi connectivity index (χ3n) is 1.34. The van der Waals surface area contributed by atoms with E-state index < -0.39 is 0 Å². The van der Waals surface area contributed by atoms with E-state index >= 15 is 0 Å². The van der Waals surface area contributed by atoms with Gasteiger partial charge in [-0.3, -0.25) is 9.99 Å². The number of hydrogen-bond donors (Lipinski definition) is 0. The normalized spacial score (nSPS) is 10.3. The molecule has 0 unspecified atom stereocenters. The minimum absolute atomic E-state index is 0.480. The van der Waals surface area contributed by atoms with E-state index in [-0.39, 0.29) is 0 Å². The first-order valence-electron chi connectivity index (χ1n) is 3.64. The average molecular weight is 181 g/mol. The maximum atomic E-state index is 9.48. The molecule has 0 bridgehead atoms. The van der Waals surface area contributed by atoms with Crippen LogP contribution in [0.25, 0.3) is 0 Å². The first-order chi connectivity index (χ1) is 6.33. The lowest BCUT2D eigenvalue weighted by Crippen LogP contribution is -2.11. The molecule has 0 radical (unpaired) electrons. The molecule has 70 valence electrons. The van der Waals surface area contributed by atoms with Gasteiger partial charge in [0.05, 0.1) is 12.2 Å². The fraction of sp³-hybridized carbons (Fsp3) is 0.286. The molecule has 0 N–H and O–H groups in total. The molecule has 1 aromatic heterocycles. The Morgan fingerprint density at radius 3 is 3.08 bits per heavy atom. The minimum atomic E-state index is 0.480. The summed E-state index contributed by atoms with van der Waals surface area (Å²) < 4.78 is 0. The Kier molecular flexibility index (Phi) is 3.65. The van der Waals surface area contributed by atoms with Gasteiger partial charge in [-0.15, -0.1) is 0 Å². The number of nitrogens with zero attached hydrogens (tertiary/aromatic N) is 4. The maximum Gasteiger partial charge on any atom is 0.0797 e. The minimum Gasteiger partial charge on any atom is -0.636 e. The van der Waals surface area contributed by atoms with Crippen LogP contribution in [0.1, 0.15) is 5.69 Å². The van der Waals surface area contributed by atoms with E-state index in [9.17, 15) is 5.26 Å². The third-order valence-corrected chi connectivity index (χ3v) is 1.34. The molecular weight excluding hydrogens is 172 g/mol. The molecule has 1 rings (SSSR count). The van der Waals surface area contributed by atoms with Gasteiger partial charge in [0.25, 0.3) is 0 Å². The summed E-state index contributed by atoms with van der Waals surface area (Å²) in [5.41, 5.74) is 0.842. The van der Waals surface area contributed by atoms with Crippen molar-refractivity contribution in [2.75, 3.05) is 7.05 Å². The molecule has 0 aliphatic heterocycles. The van der Waals surface area contributed by atoms with Crippen LogP contribution in [0.3, 0.4) is 0 Å². The fourth-order valence-electron chi connectivity index (χ4n) is 0.835. The van der Waals surface area contributed by atoms with Gasteiger partial charge in [0.2, 0.25) is 0 Å². The van der Waals surface area contributed by atoms with Crippen LogP contribution in [0.2, 0.25) is 0 Å². The molecule has 0 spiro atoms. The van der Waals surface area contributed by atoms with E-state index in [1.54, 1.807) is 13.2 Å². The average Bonchev–Trinajstić information content (AvgIpc) is 2.16. The Morgan fingerprint density at radius 1 is 1.62 bits per heavy atom. The number of hydrogen-bond acceptors (Lipinski definition) is 5. The quantitative estimate of drug-likeness (QED) is 0.375. The molecule has 6 heteroatoms. The van der Waals surface area contributed by atoms with Crippen LogP contribution < -0.4 is 5.26 Å². The zero-order chi connectivity index (χ0) is 9.52. The van der Waals surface area contributed by atoms with Gasteiger partial charge in [-0.2, -0.15) is 0 Å². The lowest BCUT2D eigenvalue weighted by atomic mass is 10.3. The molecule has 0 saturated heterocycles. The molecule has 1 aromatic rings. The Labute approximate surface area is 75.3 Å². The van der Waals surface area contributed by atoms with Gasteiger partial charge in [-0.1, -0.05) is 6.07 Å². The monoisotopic (exact) mass is 181 g/mol. The Bertz CT molecular complexity index is 264. The molecule has 0 atom stereocenters. The van der Waals surface area contributed by atoms with Crippen LogP contribution in [0.4, 0.5) is 0 Å². The number of aromatic nitrogens is 1. The van der Waals surface area contributed by atoms with Crippen molar-refractivity contribution in [3.05, 3.63) is 30.1 Å². The van der Waals surface area contributed by atoms with Crippen LogP contribution in [-0.2, 0) is 11.5 Å². The molecule has 0 aliphatic rings. The Balaban J connectivity index is 2.45. The summed E-state index contributed by atoms with van der Waals surface area (Å²) >= 11 is 0. The second-order valence-electron chi connectivity index (χ2n) is 2.38. The lowest BCUT2D eigenvalue weighted by molar-refractivity contribution is -0.695. The standard InChI is InChI=1S/C7H10N4O2/c1-11(9-10-13-12)6-7-4-2-3-5-8-7/h2-5,12H,6H2,1H3/p-1/b10-9-. The van der Waals surface area contributed by atoms with E-state index in [2.05, 4.69) is 20.5 Å². The largest absolute Gasteiger partial charge is 0.636 e. The number of rotatable bonds is 4. The van der Waals surface area contributed by atoms with Crippen molar-refractivity contribution in [2.24, 2.45) is 10.5 Å². The van der Waals surface area contributed by atoms with Crippen LogP contribution in [0, 0.1) is 0 Å². The topological polar surface area (TPSA) is 73.1 Å². The summed E-state index contributed by atoms with van der Waals surface area (Å²) in [5.74, 6) is 0. The van der Waals surface area contributed by atoms with Gasteiger partial charge >= 0.3 is 0 Å². The van der Waals surface area contributed by atoms with Crippen molar-refractivity contribution in [3.63, 3.8) is 0 Å². The molecule has 0 amide bonds. The highest BCUT2D eigenvalue weighted by atomic mass is 17.2. The van der Waals surface area contributed by atoms with Gasteiger partial charge in [0, 0.05) is 18.5 Å². The van der Waals surface area contributed by atoms with Crippen LogP contribution in [0.15, 0.2) is 34.9 Å². The zero-order valence-electron chi connectivity index (χ0n) is 7.12.